The third-order valence-corrected chi connectivity index (χ3v) is 12.3. The van der Waals surface area contributed by atoms with Crippen molar-refractivity contribution in [2.75, 3.05) is 4.90 Å². The summed E-state index contributed by atoms with van der Waals surface area (Å²) in [4.78, 5) is 2.49. The fraction of sp³-hybridized carbons (Fsp3) is 0. The van der Waals surface area contributed by atoms with Crippen molar-refractivity contribution >= 4 is 38.6 Å². The highest BCUT2D eigenvalue weighted by Crippen LogP contribution is 2.50. The maximum absolute atomic E-state index is 2.49. The molecular weight excluding hydrogens is 759 g/mol. The summed E-state index contributed by atoms with van der Waals surface area (Å²) >= 11 is 0. The summed E-state index contributed by atoms with van der Waals surface area (Å²) in [6, 6.07) is 94.9. The van der Waals surface area contributed by atoms with Gasteiger partial charge in [0.15, 0.2) is 0 Å². The van der Waals surface area contributed by atoms with E-state index in [1.807, 2.05) is 0 Å². The van der Waals surface area contributed by atoms with Crippen molar-refractivity contribution in [2.24, 2.45) is 0 Å². The van der Waals surface area contributed by atoms with Gasteiger partial charge in [-0.2, -0.15) is 0 Å². The van der Waals surface area contributed by atoms with Crippen LogP contribution in [0.3, 0.4) is 0 Å². The monoisotopic (exact) mass is 801 g/mol. The van der Waals surface area contributed by atoms with Crippen LogP contribution in [0.2, 0.25) is 0 Å². The van der Waals surface area contributed by atoms with Crippen LogP contribution in [-0.2, 0) is 0 Å². The zero-order valence-corrected chi connectivity index (χ0v) is 34.8. The molecule has 0 heterocycles. The SMILES string of the molecule is c1ccc(-c2ccc(N(c3ccc(-c4ccccc4)cc3-c3ccccc3)c3cccc(-c4cc5ccccc5c5ccccc45)c3-c3cccc(-c4ccccc4)c3)cc2)cc1. The lowest BCUT2D eigenvalue weighted by atomic mass is 9.86. The first-order valence-electron chi connectivity index (χ1n) is 21.7. The minimum absolute atomic E-state index is 1.07. The van der Waals surface area contributed by atoms with E-state index in [-0.39, 0.29) is 0 Å². The zero-order valence-electron chi connectivity index (χ0n) is 34.8. The topological polar surface area (TPSA) is 3.24 Å². The van der Waals surface area contributed by atoms with E-state index in [0.29, 0.717) is 0 Å². The summed E-state index contributed by atoms with van der Waals surface area (Å²) in [5.74, 6) is 0. The molecule has 0 bridgehead atoms. The van der Waals surface area contributed by atoms with Crippen LogP contribution in [0, 0.1) is 0 Å². The number of rotatable bonds is 9. The minimum Gasteiger partial charge on any atom is -0.309 e. The van der Waals surface area contributed by atoms with E-state index in [9.17, 15) is 0 Å². The van der Waals surface area contributed by atoms with Gasteiger partial charge in [-0.25, -0.2) is 0 Å². The molecule has 11 aromatic carbocycles. The summed E-state index contributed by atoms with van der Waals surface area (Å²) in [6.07, 6.45) is 0. The fourth-order valence-corrected chi connectivity index (χ4v) is 9.25. The summed E-state index contributed by atoms with van der Waals surface area (Å²) in [5, 5.41) is 4.95. The average molecular weight is 802 g/mol. The van der Waals surface area contributed by atoms with Crippen molar-refractivity contribution in [3.05, 3.63) is 261 Å². The van der Waals surface area contributed by atoms with E-state index in [1.165, 1.54) is 66.1 Å². The van der Waals surface area contributed by atoms with Crippen molar-refractivity contribution in [1.82, 2.24) is 0 Å². The standard InChI is InChI=1S/C62H43N/c1-5-19-44(20-6-1)47-35-38-53(39-36-47)63(60-40-37-50(46-23-9-3-10-24-46)42-58(60)48-25-11-4-12-26-48)61-34-18-33-57(62(61)52-29-17-28-49(41-52)45-21-7-2-8-22-45)59-43-51-27-13-14-30-54(51)55-31-15-16-32-56(55)59/h1-43H. The van der Waals surface area contributed by atoms with E-state index in [4.69, 9.17) is 0 Å². The third-order valence-electron chi connectivity index (χ3n) is 12.3. The van der Waals surface area contributed by atoms with Crippen LogP contribution < -0.4 is 4.90 Å². The van der Waals surface area contributed by atoms with Crippen LogP contribution in [0.25, 0.3) is 88.3 Å². The molecule has 1 nitrogen and oxygen atoms in total. The molecule has 0 spiro atoms. The Morgan fingerprint density at radius 2 is 0.698 bits per heavy atom. The predicted octanol–water partition coefficient (Wildman–Crippen LogP) is 17.5. The number of hydrogen-bond acceptors (Lipinski definition) is 1. The molecule has 0 amide bonds. The van der Waals surface area contributed by atoms with E-state index < -0.39 is 0 Å². The van der Waals surface area contributed by atoms with Gasteiger partial charge in [0.1, 0.15) is 0 Å². The average Bonchev–Trinajstić information content (AvgIpc) is 3.37. The maximum Gasteiger partial charge on any atom is 0.0546 e. The Balaban J connectivity index is 1.23. The lowest BCUT2D eigenvalue weighted by Crippen LogP contribution is -2.13. The van der Waals surface area contributed by atoms with Crippen molar-refractivity contribution in [3.63, 3.8) is 0 Å². The van der Waals surface area contributed by atoms with Gasteiger partial charge >= 0.3 is 0 Å². The van der Waals surface area contributed by atoms with Crippen LogP contribution in [0.1, 0.15) is 0 Å². The highest BCUT2D eigenvalue weighted by molar-refractivity contribution is 6.16. The second kappa shape index (κ2) is 16.7. The highest BCUT2D eigenvalue weighted by Gasteiger charge is 2.25. The second-order valence-electron chi connectivity index (χ2n) is 16.0. The number of benzene rings is 11. The highest BCUT2D eigenvalue weighted by atomic mass is 15.1. The lowest BCUT2D eigenvalue weighted by Gasteiger charge is -2.31. The fourth-order valence-electron chi connectivity index (χ4n) is 9.25. The molecule has 0 fully saturated rings. The lowest BCUT2D eigenvalue weighted by molar-refractivity contribution is 1.28. The number of fused-ring (bicyclic) bond motifs is 3. The molecule has 0 saturated heterocycles. The van der Waals surface area contributed by atoms with Crippen LogP contribution in [0.5, 0.6) is 0 Å². The molecule has 63 heavy (non-hydrogen) atoms. The number of hydrogen-bond donors (Lipinski definition) is 0. The van der Waals surface area contributed by atoms with Crippen molar-refractivity contribution in [3.8, 4) is 66.8 Å². The smallest absolute Gasteiger partial charge is 0.0546 e. The Bertz CT molecular complexity index is 3360. The summed E-state index contributed by atoms with van der Waals surface area (Å²) in [7, 11) is 0. The Morgan fingerprint density at radius 1 is 0.222 bits per heavy atom. The summed E-state index contributed by atoms with van der Waals surface area (Å²) < 4.78 is 0. The molecule has 0 saturated carbocycles. The minimum atomic E-state index is 1.07. The zero-order chi connectivity index (χ0) is 42.0. The van der Waals surface area contributed by atoms with Crippen molar-refractivity contribution in [2.45, 2.75) is 0 Å². The Morgan fingerprint density at radius 3 is 1.37 bits per heavy atom. The first kappa shape index (κ1) is 37.7. The van der Waals surface area contributed by atoms with Gasteiger partial charge in [-0.05, 0) is 120 Å². The molecule has 11 rings (SSSR count). The molecule has 0 N–H and O–H groups in total. The molecule has 0 unspecified atom stereocenters. The van der Waals surface area contributed by atoms with E-state index in [2.05, 4.69) is 266 Å². The van der Waals surface area contributed by atoms with Crippen LogP contribution >= 0.6 is 0 Å². The number of anilines is 3. The van der Waals surface area contributed by atoms with Gasteiger partial charge in [-0.15, -0.1) is 0 Å². The third kappa shape index (κ3) is 7.26. The second-order valence-corrected chi connectivity index (χ2v) is 16.0. The summed E-state index contributed by atoms with van der Waals surface area (Å²) in [5.41, 5.74) is 17.3. The first-order valence-corrected chi connectivity index (χ1v) is 21.7. The van der Waals surface area contributed by atoms with Crippen LogP contribution in [-0.4, -0.2) is 0 Å². The van der Waals surface area contributed by atoms with Gasteiger partial charge < -0.3 is 4.90 Å². The van der Waals surface area contributed by atoms with Crippen molar-refractivity contribution < 1.29 is 0 Å². The van der Waals surface area contributed by atoms with Gasteiger partial charge in [0, 0.05) is 16.8 Å². The Hall–Kier alpha value is -8.26. The Kier molecular flexibility index (Phi) is 9.97. The molecule has 296 valence electrons. The largest absolute Gasteiger partial charge is 0.309 e. The van der Waals surface area contributed by atoms with Crippen LogP contribution in [0.4, 0.5) is 17.1 Å². The van der Waals surface area contributed by atoms with E-state index >= 15 is 0 Å². The molecule has 0 radical (unpaired) electrons. The van der Waals surface area contributed by atoms with Gasteiger partial charge in [0.05, 0.1) is 11.4 Å². The predicted molar refractivity (Wildman–Crippen MR) is 269 cm³/mol. The van der Waals surface area contributed by atoms with E-state index in [1.54, 1.807) is 0 Å². The quantitative estimate of drug-likeness (QED) is 0.131. The molecule has 1 heteroatoms. The van der Waals surface area contributed by atoms with Gasteiger partial charge in [0.25, 0.3) is 0 Å². The molecule has 0 aliphatic carbocycles. The van der Waals surface area contributed by atoms with Crippen LogP contribution in [0.15, 0.2) is 261 Å². The maximum atomic E-state index is 2.49. The van der Waals surface area contributed by atoms with Gasteiger partial charge in [-0.1, -0.05) is 218 Å². The Labute approximate surface area is 369 Å². The van der Waals surface area contributed by atoms with E-state index in [0.717, 1.165) is 39.3 Å². The van der Waals surface area contributed by atoms with Gasteiger partial charge in [0.2, 0.25) is 0 Å². The number of nitrogens with zero attached hydrogens (tertiary/aromatic N) is 1. The summed E-state index contributed by atoms with van der Waals surface area (Å²) in [6.45, 7) is 0. The molecular formula is C62H43N. The van der Waals surface area contributed by atoms with Crippen molar-refractivity contribution in [1.29, 1.82) is 0 Å². The molecule has 0 aromatic heterocycles. The normalized spacial score (nSPS) is 11.2. The molecule has 0 aliphatic heterocycles. The van der Waals surface area contributed by atoms with Gasteiger partial charge in [-0.3, -0.25) is 0 Å². The molecule has 11 aromatic rings. The first-order chi connectivity index (χ1) is 31.3. The molecule has 0 atom stereocenters. The molecule has 0 aliphatic rings.